The molecule has 1 aromatic heterocycles. The molecule has 1 aliphatic rings. The zero-order valence-corrected chi connectivity index (χ0v) is 19.0. The molecule has 170 valence electrons. The number of halogens is 1. The van der Waals surface area contributed by atoms with Crippen molar-refractivity contribution in [3.8, 4) is 0 Å². The average molecular weight is 460 g/mol. The standard InChI is InChI=1S/C24H26FNO5S/c1-3-30-24(27)23-16(2)20-15-19(11-12-22(20)31-23)32(28,29)26-13-6-4-5-10-21(26)17-8-7-9-18(25)14-17/h7-9,11-12,14-15,21H,3-6,10,13H2,1-2H3/t21-/m1/s1. The molecule has 4 rings (SSSR count). The molecule has 2 heterocycles. The SMILES string of the molecule is CCOC(=O)c1oc2ccc(S(=O)(=O)N3CCCCC[C@@H]3c3cccc(F)c3)cc2c1C. The molecule has 0 unspecified atom stereocenters. The van der Waals surface area contributed by atoms with E-state index < -0.39 is 22.0 Å². The van der Waals surface area contributed by atoms with Crippen LogP contribution in [0.5, 0.6) is 0 Å². The Morgan fingerprint density at radius 2 is 2.00 bits per heavy atom. The highest BCUT2D eigenvalue weighted by Crippen LogP contribution is 2.36. The van der Waals surface area contributed by atoms with E-state index >= 15 is 0 Å². The molecule has 0 spiro atoms. The van der Waals surface area contributed by atoms with Crippen molar-refractivity contribution in [2.45, 2.75) is 50.5 Å². The Balaban J connectivity index is 1.76. The lowest BCUT2D eigenvalue weighted by Gasteiger charge is -2.29. The number of nitrogens with zero attached hydrogens (tertiary/aromatic N) is 1. The van der Waals surface area contributed by atoms with Gasteiger partial charge in [-0.25, -0.2) is 17.6 Å². The van der Waals surface area contributed by atoms with Crippen LogP contribution >= 0.6 is 0 Å². The summed E-state index contributed by atoms with van der Waals surface area (Å²) in [5.41, 5.74) is 1.61. The molecule has 0 radical (unpaired) electrons. The van der Waals surface area contributed by atoms with Gasteiger partial charge in [0.15, 0.2) is 0 Å². The molecule has 8 heteroatoms. The molecule has 0 aliphatic carbocycles. The third-order valence-electron chi connectivity index (χ3n) is 5.91. The zero-order chi connectivity index (χ0) is 22.9. The van der Waals surface area contributed by atoms with Crippen molar-refractivity contribution in [2.75, 3.05) is 13.2 Å². The largest absolute Gasteiger partial charge is 0.460 e. The van der Waals surface area contributed by atoms with Crippen LogP contribution in [-0.2, 0) is 14.8 Å². The molecule has 1 aliphatic heterocycles. The summed E-state index contributed by atoms with van der Waals surface area (Å²) in [5.74, 6) is -0.890. The van der Waals surface area contributed by atoms with E-state index in [4.69, 9.17) is 9.15 Å². The van der Waals surface area contributed by atoms with Crippen LogP contribution in [0.4, 0.5) is 4.39 Å². The fraction of sp³-hybridized carbons (Fsp3) is 0.375. The highest BCUT2D eigenvalue weighted by molar-refractivity contribution is 7.89. The second-order valence-electron chi connectivity index (χ2n) is 7.97. The van der Waals surface area contributed by atoms with Crippen LogP contribution in [0.15, 0.2) is 51.8 Å². The predicted octanol–water partition coefficient (Wildman–Crippen LogP) is 5.36. The number of esters is 1. The van der Waals surface area contributed by atoms with E-state index in [0.717, 1.165) is 19.3 Å². The summed E-state index contributed by atoms with van der Waals surface area (Å²) in [6.45, 7) is 3.98. The van der Waals surface area contributed by atoms with Crippen molar-refractivity contribution in [3.05, 3.63) is 65.2 Å². The molecule has 2 aromatic carbocycles. The first-order valence-corrected chi connectivity index (χ1v) is 12.2. The van der Waals surface area contributed by atoms with Gasteiger partial charge < -0.3 is 9.15 Å². The maximum absolute atomic E-state index is 13.9. The Kier molecular flexibility index (Phi) is 6.35. The Labute approximate surface area is 187 Å². The van der Waals surface area contributed by atoms with Crippen molar-refractivity contribution in [1.82, 2.24) is 4.31 Å². The van der Waals surface area contributed by atoms with E-state index in [-0.39, 0.29) is 23.1 Å². The van der Waals surface area contributed by atoms with Gasteiger partial charge in [-0.15, -0.1) is 0 Å². The van der Waals surface area contributed by atoms with Gasteiger partial charge in [0.05, 0.1) is 17.5 Å². The van der Waals surface area contributed by atoms with E-state index in [1.54, 1.807) is 38.1 Å². The minimum Gasteiger partial charge on any atom is -0.460 e. The predicted molar refractivity (Wildman–Crippen MR) is 118 cm³/mol. The molecule has 0 N–H and O–H groups in total. The molecule has 32 heavy (non-hydrogen) atoms. The first-order chi connectivity index (χ1) is 15.3. The van der Waals surface area contributed by atoms with Crippen LogP contribution in [0.2, 0.25) is 0 Å². The third kappa shape index (κ3) is 4.17. The summed E-state index contributed by atoms with van der Waals surface area (Å²) in [7, 11) is -3.87. The summed E-state index contributed by atoms with van der Waals surface area (Å²) < 4.78 is 53.5. The summed E-state index contributed by atoms with van der Waals surface area (Å²) in [6.07, 6.45) is 3.16. The maximum atomic E-state index is 13.9. The summed E-state index contributed by atoms with van der Waals surface area (Å²) in [5, 5.41) is 0.547. The minimum atomic E-state index is -3.87. The van der Waals surface area contributed by atoms with E-state index in [2.05, 4.69) is 0 Å². The molecule has 0 saturated carbocycles. The van der Waals surface area contributed by atoms with Crippen LogP contribution in [0.25, 0.3) is 11.0 Å². The number of benzene rings is 2. The smallest absolute Gasteiger partial charge is 0.374 e. The number of furan rings is 1. The van der Waals surface area contributed by atoms with E-state index in [9.17, 15) is 17.6 Å². The topological polar surface area (TPSA) is 76.8 Å². The van der Waals surface area contributed by atoms with Crippen LogP contribution in [0.3, 0.4) is 0 Å². The summed E-state index contributed by atoms with van der Waals surface area (Å²) in [4.78, 5) is 12.3. The van der Waals surface area contributed by atoms with Gasteiger partial charge in [0, 0.05) is 17.5 Å². The van der Waals surface area contributed by atoms with Crippen molar-refractivity contribution in [2.24, 2.45) is 0 Å². The number of carbonyl (C=O) groups excluding carboxylic acids is 1. The minimum absolute atomic E-state index is 0.0730. The lowest BCUT2D eigenvalue weighted by Crippen LogP contribution is -2.34. The van der Waals surface area contributed by atoms with Gasteiger partial charge in [0.1, 0.15) is 11.4 Å². The first kappa shape index (κ1) is 22.5. The maximum Gasteiger partial charge on any atom is 0.374 e. The number of ether oxygens (including phenoxy) is 1. The molecule has 3 aromatic rings. The fourth-order valence-corrected chi connectivity index (χ4v) is 6.01. The van der Waals surface area contributed by atoms with Gasteiger partial charge in [-0.3, -0.25) is 0 Å². The van der Waals surface area contributed by atoms with Crippen molar-refractivity contribution >= 4 is 27.0 Å². The molecule has 6 nitrogen and oxygen atoms in total. The Morgan fingerprint density at radius 3 is 2.75 bits per heavy atom. The molecular formula is C24H26FNO5S. The van der Waals surface area contributed by atoms with Crippen LogP contribution in [-0.4, -0.2) is 31.8 Å². The molecule has 1 saturated heterocycles. The lowest BCUT2D eigenvalue weighted by molar-refractivity contribution is 0.0491. The number of hydrogen-bond acceptors (Lipinski definition) is 5. The number of aryl methyl sites for hydroxylation is 1. The zero-order valence-electron chi connectivity index (χ0n) is 18.1. The van der Waals surface area contributed by atoms with E-state index in [1.807, 2.05) is 0 Å². The fourth-order valence-electron chi connectivity index (χ4n) is 4.30. The average Bonchev–Trinajstić information content (AvgIpc) is 2.94. The summed E-state index contributed by atoms with van der Waals surface area (Å²) >= 11 is 0. The Morgan fingerprint density at radius 1 is 1.19 bits per heavy atom. The third-order valence-corrected chi connectivity index (χ3v) is 7.82. The van der Waals surface area contributed by atoms with Crippen LogP contribution in [0, 0.1) is 12.7 Å². The molecule has 0 bridgehead atoms. The number of rotatable bonds is 5. The normalized spacial score (nSPS) is 17.9. The Bertz CT molecular complexity index is 1250. The summed E-state index contributed by atoms with van der Waals surface area (Å²) in [6, 6.07) is 10.3. The number of sulfonamides is 1. The van der Waals surface area contributed by atoms with Gasteiger partial charge in [-0.2, -0.15) is 4.31 Å². The molecule has 1 atom stereocenters. The highest BCUT2D eigenvalue weighted by atomic mass is 32.2. The molecule has 1 fully saturated rings. The van der Waals surface area contributed by atoms with Gasteiger partial charge in [-0.1, -0.05) is 25.0 Å². The monoisotopic (exact) mass is 459 g/mol. The van der Waals surface area contributed by atoms with Gasteiger partial charge in [0.25, 0.3) is 0 Å². The lowest BCUT2D eigenvalue weighted by atomic mass is 10.0. The second-order valence-corrected chi connectivity index (χ2v) is 9.86. The number of carbonyl (C=O) groups is 1. The van der Waals surface area contributed by atoms with Crippen molar-refractivity contribution < 1.29 is 26.8 Å². The van der Waals surface area contributed by atoms with Gasteiger partial charge in [-0.05, 0) is 62.6 Å². The number of fused-ring (bicyclic) bond motifs is 1. The van der Waals surface area contributed by atoms with E-state index in [1.165, 1.54) is 22.5 Å². The van der Waals surface area contributed by atoms with Crippen LogP contribution in [0.1, 0.15) is 60.3 Å². The van der Waals surface area contributed by atoms with Crippen LogP contribution < -0.4 is 0 Å². The van der Waals surface area contributed by atoms with Crippen molar-refractivity contribution in [3.63, 3.8) is 0 Å². The highest BCUT2D eigenvalue weighted by Gasteiger charge is 2.34. The molecule has 0 amide bonds. The van der Waals surface area contributed by atoms with Crippen molar-refractivity contribution in [1.29, 1.82) is 0 Å². The van der Waals surface area contributed by atoms with Gasteiger partial charge in [0.2, 0.25) is 15.8 Å². The second kappa shape index (κ2) is 9.03. The molecular weight excluding hydrogens is 433 g/mol. The van der Waals surface area contributed by atoms with E-state index in [0.29, 0.717) is 35.1 Å². The first-order valence-electron chi connectivity index (χ1n) is 10.8. The number of hydrogen-bond donors (Lipinski definition) is 0. The van der Waals surface area contributed by atoms with Gasteiger partial charge >= 0.3 is 5.97 Å². The Hall–Kier alpha value is -2.71. The quantitative estimate of drug-likeness (QED) is 0.480.